The molecule has 2 aromatic rings. The molecule has 0 unspecified atom stereocenters. The van der Waals surface area contributed by atoms with Gasteiger partial charge in [-0.1, -0.05) is 42.2 Å². The zero-order valence-corrected chi connectivity index (χ0v) is 13.9. The molecule has 0 bridgehead atoms. The summed E-state index contributed by atoms with van der Waals surface area (Å²) in [5.41, 5.74) is 2.19. The van der Waals surface area contributed by atoms with Gasteiger partial charge in [0.25, 0.3) is 0 Å². The summed E-state index contributed by atoms with van der Waals surface area (Å²) in [6, 6.07) is 17.5. The molecule has 1 aliphatic rings. The first-order valence-electron chi connectivity index (χ1n) is 6.85. The van der Waals surface area contributed by atoms with Crippen molar-refractivity contribution in [3.05, 3.63) is 59.1 Å². The Morgan fingerprint density at radius 3 is 2.83 bits per heavy atom. The molecule has 3 rings (SSSR count). The highest BCUT2D eigenvalue weighted by molar-refractivity contribution is 8.03. The quantitative estimate of drug-likeness (QED) is 0.491. The lowest BCUT2D eigenvalue weighted by atomic mass is 10.2. The lowest BCUT2D eigenvalue weighted by Crippen LogP contribution is -2.14. The molecule has 114 valence electrons. The van der Waals surface area contributed by atoms with E-state index in [1.54, 1.807) is 7.11 Å². The molecule has 0 aliphatic carbocycles. The maximum Gasteiger partial charge on any atom is 0.124 e. The van der Waals surface area contributed by atoms with E-state index in [2.05, 4.69) is 16.7 Å². The molecule has 4 nitrogen and oxygen atoms in total. The van der Waals surface area contributed by atoms with Crippen LogP contribution in [0, 0.1) is 11.3 Å². The molecular weight excluding hydrogens is 326 g/mol. The van der Waals surface area contributed by atoms with Crippen LogP contribution in [0.5, 0.6) is 5.75 Å². The zero-order valence-electron chi connectivity index (χ0n) is 12.3. The van der Waals surface area contributed by atoms with E-state index in [9.17, 15) is 5.26 Å². The van der Waals surface area contributed by atoms with Crippen LogP contribution in [0.4, 0.5) is 11.4 Å². The summed E-state index contributed by atoms with van der Waals surface area (Å²) < 4.78 is 5.19. The van der Waals surface area contributed by atoms with Crippen molar-refractivity contribution in [3.63, 3.8) is 0 Å². The van der Waals surface area contributed by atoms with Gasteiger partial charge in [-0.15, -0.1) is 0 Å². The Kier molecular flexibility index (Phi) is 4.51. The lowest BCUT2D eigenvalue weighted by molar-refractivity contribution is 0.415. The predicted octanol–water partition coefficient (Wildman–Crippen LogP) is 4.39. The molecular formula is C17H13N3OS2. The van der Waals surface area contributed by atoms with Crippen molar-refractivity contribution in [3.8, 4) is 11.8 Å². The van der Waals surface area contributed by atoms with Crippen LogP contribution in [0.15, 0.2) is 64.0 Å². The Bertz CT molecular complexity index is 813. The number of ether oxygens (including phenoxy) is 1. The van der Waals surface area contributed by atoms with E-state index in [1.807, 2.05) is 48.5 Å². The molecule has 1 heterocycles. The minimum Gasteiger partial charge on any atom is -0.497 e. The molecule has 6 heteroatoms. The van der Waals surface area contributed by atoms with Gasteiger partial charge in [-0.3, -0.25) is 0 Å². The fourth-order valence-corrected chi connectivity index (χ4v) is 3.47. The van der Waals surface area contributed by atoms with Gasteiger partial charge in [0.2, 0.25) is 0 Å². The van der Waals surface area contributed by atoms with Gasteiger partial charge in [-0.05, 0) is 24.3 Å². The molecule has 0 spiro atoms. The van der Waals surface area contributed by atoms with Crippen molar-refractivity contribution >= 4 is 40.3 Å². The van der Waals surface area contributed by atoms with E-state index >= 15 is 0 Å². The van der Waals surface area contributed by atoms with Gasteiger partial charge in [-0.2, -0.15) is 5.26 Å². The zero-order chi connectivity index (χ0) is 16.2. The highest BCUT2D eigenvalue weighted by Gasteiger charge is 2.21. The second-order valence-electron chi connectivity index (χ2n) is 4.73. The molecule has 0 saturated carbocycles. The first-order chi connectivity index (χ1) is 11.2. The van der Waals surface area contributed by atoms with Gasteiger partial charge in [0.15, 0.2) is 0 Å². The van der Waals surface area contributed by atoms with E-state index in [0.29, 0.717) is 10.6 Å². The van der Waals surface area contributed by atoms with Crippen molar-refractivity contribution in [1.82, 2.24) is 0 Å². The molecule has 0 fully saturated rings. The molecule has 0 saturated heterocycles. The number of nitrogens with one attached hydrogen (secondary N) is 2. The molecule has 1 aliphatic heterocycles. The number of thiocarbonyl (C=S) groups is 1. The summed E-state index contributed by atoms with van der Waals surface area (Å²) >= 11 is 6.91. The van der Waals surface area contributed by atoms with Crippen molar-refractivity contribution in [1.29, 1.82) is 5.26 Å². The largest absolute Gasteiger partial charge is 0.497 e. The minimum atomic E-state index is 0.378. The Balaban J connectivity index is 1.83. The Hall–Kier alpha value is -2.49. The summed E-state index contributed by atoms with van der Waals surface area (Å²) in [6.45, 7) is 0. The van der Waals surface area contributed by atoms with Gasteiger partial charge >= 0.3 is 0 Å². The van der Waals surface area contributed by atoms with Crippen LogP contribution in [0.2, 0.25) is 0 Å². The number of thioether (sulfide) groups is 1. The third-order valence-electron chi connectivity index (χ3n) is 3.24. The summed E-state index contributed by atoms with van der Waals surface area (Å²) in [5, 5.41) is 16.6. The number of nitriles is 1. The SMILES string of the molecule is COc1cccc(NC(=S)/C(C#N)=C2\Nc3ccccc3S2)c1. The monoisotopic (exact) mass is 339 g/mol. The number of hydrogen-bond donors (Lipinski definition) is 2. The number of fused-ring (bicyclic) bond motifs is 1. The van der Waals surface area contributed by atoms with E-state index in [1.165, 1.54) is 11.8 Å². The second-order valence-corrected chi connectivity index (χ2v) is 6.19. The smallest absolute Gasteiger partial charge is 0.124 e. The van der Waals surface area contributed by atoms with Crippen LogP contribution in [0.3, 0.4) is 0 Å². The van der Waals surface area contributed by atoms with Crippen LogP contribution in [-0.2, 0) is 0 Å². The summed E-state index contributed by atoms with van der Waals surface area (Å²) in [5.74, 6) is 0.727. The summed E-state index contributed by atoms with van der Waals surface area (Å²) in [4.78, 5) is 1.46. The molecule has 0 aromatic heterocycles. The van der Waals surface area contributed by atoms with Gasteiger partial charge < -0.3 is 15.4 Å². The number of para-hydroxylation sites is 1. The molecule has 2 aromatic carbocycles. The van der Waals surface area contributed by atoms with Crippen molar-refractivity contribution < 1.29 is 4.74 Å². The van der Waals surface area contributed by atoms with E-state index in [-0.39, 0.29) is 0 Å². The minimum absolute atomic E-state index is 0.378. The molecule has 0 amide bonds. The van der Waals surface area contributed by atoms with Crippen molar-refractivity contribution in [2.45, 2.75) is 4.90 Å². The van der Waals surface area contributed by atoms with Gasteiger partial charge in [0, 0.05) is 16.6 Å². The van der Waals surface area contributed by atoms with Crippen LogP contribution < -0.4 is 15.4 Å². The number of benzene rings is 2. The van der Waals surface area contributed by atoms with E-state index < -0.39 is 0 Å². The normalized spacial score (nSPS) is 14.3. The standard InChI is InChI=1S/C17H13N3OS2/c1-21-12-6-4-5-11(9-12)19-16(22)13(10-18)17-20-14-7-2-3-8-15(14)23-17/h2-9,20H,1H3,(H,19,22)/b17-13+. The van der Waals surface area contributed by atoms with Crippen LogP contribution in [0.1, 0.15) is 0 Å². The molecule has 2 N–H and O–H groups in total. The predicted molar refractivity (Wildman–Crippen MR) is 97.8 cm³/mol. The summed E-state index contributed by atoms with van der Waals surface area (Å²) in [7, 11) is 1.61. The van der Waals surface area contributed by atoms with E-state index in [4.69, 9.17) is 17.0 Å². The first-order valence-corrected chi connectivity index (χ1v) is 8.07. The number of methoxy groups -OCH3 is 1. The van der Waals surface area contributed by atoms with E-state index in [0.717, 1.165) is 27.0 Å². The van der Waals surface area contributed by atoms with Gasteiger partial charge in [0.1, 0.15) is 22.4 Å². The van der Waals surface area contributed by atoms with Gasteiger partial charge in [0.05, 0.1) is 17.8 Å². The fraction of sp³-hybridized carbons (Fsp3) is 0.0588. The fourth-order valence-electron chi connectivity index (χ4n) is 2.13. The molecule has 0 radical (unpaired) electrons. The molecule has 0 atom stereocenters. The highest BCUT2D eigenvalue weighted by atomic mass is 32.2. The lowest BCUT2D eigenvalue weighted by Gasteiger charge is -2.10. The molecule has 23 heavy (non-hydrogen) atoms. The van der Waals surface area contributed by atoms with Crippen LogP contribution in [-0.4, -0.2) is 12.1 Å². The third kappa shape index (κ3) is 3.31. The van der Waals surface area contributed by atoms with Crippen LogP contribution in [0.25, 0.3) is 0 Å². The summed E-state index contributed by atoms with van der Waals surface area (Å²) in [6.07, 6.45) is 0. The van der Waals surface area contributed by atoms with Crippen molar-refractivity contribution in [2.24, 2.45) is 0 Å². The highest BCUT2D eigenvalue weighted by Crippen LogP contribution is 2.42. The Morgan fingerprint density at radius 1 is 1.26 bits per heavy atom. The maximum absolute atomic E-state index is 9.50. The van der Waals surface area contributed by atoms with Crippen molar-refractivity contribution in [2.75, 3.05) is 17.7 Å². The average molecular weight is 339 g/mol. The van der Waals surface area contributed by atoms with Gasteiger partial charge in [-0.25, -0.2) is 0 Å². The number of nitrogens with zero attached hydrogens (tertiary/aromatic N) is 1. The number of rotatable bonds is 3. The van der Waals surface area contributed by atoms with Crippen LogP contribution >= 0.6 is 24.0 Å². The maximum atomic E-state index is 9.50. The second kappa shape index (κ2) is 6.73. The third-order valence-corrected chi connectivity index (χ3v) is 4.63. The number of hydrogen-bond acceptors (Lipinski definition) is 5. The topological polar surface area (TPSA) is 57.1 Å². The Morgan fingerprint density at radius 2 is 2.09 bits per heavy atom. The number of anilines is 2. The average Bonchev–Trinajstić information content (AvgIpc) is 2.99. The Labute approximate surface area is 144 Å². The first kappa shape index (κ1) is 15.4.